The summed E-state index contributed by atoms with van der Waals surface area (Å²) in [6.45, 7) is 0. The predicted octanol–water partition coefficient (Wildman–Crippen LogP) is 3.26. The highest BCUT2D eigenvalue weighted by Gasteiger charge is 2.33. The molecule has 0 saturated heterocycles. The van der Waals surface area contributed by atoms with E-state index < -0.39 is 18.5 Å². The Bertz CT molecular complexity index is 429. The van der Waals surface area contributed by atoms with Gasteiger partial charge >= 0.3 is 6.18 Å². The topological polar surface area (TPSA) is 42.2 Å². The molecule has 98 valence electrons. The van der Waals surface area contributed by atoms with Crippen molar-refractivity contribution in [1.29, 1.82) is 5.26 Å². The SMILES string of the molecule is COc1cc(OC)cc([C@H](C#N)CC(F)(F)F)c1. The molecule has 0 heterocycles. The van der Waals surface area contributed by atoms with Crippen molar-refractivity contribution >= 4 is 0 Å². The number of ether oxygens (including phenoxy) is 2. The minimum atomic E-state index is -4.39. The molecule has 1 atom stereocenters. The molecule has 1 aromatic rings. The highest BCUT2D eigenvalue weighted by atomic mass is 19.4. The quantitative estimate of drug-likeness (QED) is 0.833. The summed E-state index contributed by atoms with van der Waals surface area (Å²) in [4.78, 5) is 0. The van der Waals surface area contributed by atoms with Crippen molar-refractivity contribution in [3.05, 3.63) is 23.8 Å². The van der Waals surface area contributed by atoms with Gasteiger partial charge in [0.15, 0.2) is 0 Å². The average Bonchev–Trinajstić information content (AvgIpc) is 2.34. The molecule has 0 fully saturated rings. The van der Waals surface area contributed by atoms with E-state index in [9.17, 15) is 13.2 Å². The zero-order chi connectivity index (χ0) is 13.8. The lowest BCUT2D eigenvalue weighted by Crippen LogP contribution is -2.13. The van der Waals surface area contributed by atoms with Crippen LogP contribution in [0.4, 0.5) is 13.2 Å². The standard InChI is InChI=1S/C12H12F3NO2/c1-17-10-3-8(4-11(5-10)18-2)9(7-16)6-12(13,14)15/h3-5,9H,6H2,1-2H3/t9-/m0/s1. The van der Waals surface area contributed by atoms with E-state index in [0.717, 1.165) is 0 Å². The highest BCUT2D eigenvalue weighted by Crippen LogP contribution is 2.34. The predicted molar refractivity (Wildman–Crippen MR) is 58.6 cm³/mol. The van der Waals surface area contributed by atoms with Crippen LogP contribution in [0.3, 0.4) is 0 Å². The molecule has 18 heavy (non-hydrogen) atoms. The third-order valence-corrected chi connectivity index (χ3v) is 2.37. The monoisotopic (exact) mass is 259 g/mol. The van der Waals surface area contributed by atoms with Gasteiger partial charge in [-0.2, -0.15) is 18.4 Å². The van der Waals surface area contributed by atoms with E-state index in [1.54, 1.807) is 6.07 Å². The van der Waals surface area contributed by atoms with Crippen LogP contribution in [0.25, 0.3) is 0 Å². The van der Waals surface area contributed by atoms with Crippen molar-refractivity contribution < 1.29 is 22.6 Å². The van der Waals surface area contributed by atoms with Crippen molar-refractivity contribution in [2.24, 2.45) is 0 Å². The lowest BCUT2D eigenvalue weighted by Gasteiger charge is -2.14. The fourth-order valence-electron chi connectivity index (χ4n) is 1.50. The number of benzene rings is 1. The Kier molecular flexibility index (Phi) is 4.43. The summed E-state index contributed by atoms with van der Waals surface area (Å²) >= 11 is 0. The Morgan fingerprint density at radius 2 is 1.67 bits per heavy atom. The first-order valence-corrected chi connectivity index (χ1v) is 5.09. The van der Waals surface area contributed by atoms with Crippen LogP contribution in [0.5, 0.6) is 11.5 Å². The zero-order valence-electron chi connectivity index (χ0n) is 9.91. The number of halogens is 3. The summed E-state index contributed by atoms with van der Waals surface area (Å²) in [5.74, 6) is -0.562. The number of alkyl halides is 3. The van der Waals surface area contributed by atoms with Crippen molar-refractivity contribution in [1.82, 2.24) is 0 Å². The third-order valence-electron chi connectivity index (χ3n) is 2.37. The second-order valence-corrected chi connectivity index (χ2v) is 3.65. The Balaban J connectivity index is 3.09. The molecule has 0 aliphatic heterocycles. The van der Waals surface area contributed by atoms with E-state index in [1.165, 1.54) is 32.4 Å². The second kappa shape index (κ2) is 5.63. The number of nitrogens with zero attached hydrogens (tertiary/aromatic N) is 1. The smallest absolute Gasteiger partial charge is 0.390 e. The van der Waals surface area contributed by atoms with E-state index in [2.05, 4.69) is 0 Å². The summed E-state index contributed by atoms with van der Waals surface area (Å²) in [5.41, 5.74) is 0.228. The third kappa shape index (κ3) is 3.84. The average molecular weight is 259 g/mol. The number of hydrogen-bond acceptors (Lipinski definition) is 3. The van der Waals surface area contributed by atoms with Crippen LogP contribution in [0.2, 0.25) is 0 Å². The number of hydrogen-bond donors (Lipinski definition) is 0. The van der Waals surface area contributed by atoms with Crippen LogP contribution in [0, 0.1) is 11.3 Å². The molecule has 6 heteroatoms. The van der Waals surface area contributed by atoms with Gasteiger partial charge in [0.1, 0.15) is 11.5 Å². The highest BCUT2D eigenvalue weighted by molar-refractivity contribution is 5.41. The first-order chi connectivity index (χ1) is 8.39. The molecule has 0 N–H and O–H groups in total. The summed E-state index contributed by atoms with van der Waals surface area (Å²) < 4.78 is 46.9. The Hall–Kier alpha value is -1.90. The molecule has 0 bridgehead atoms. The van der Waals surface area contributed by atoms with E-state index in [-0.39, 0.29) is 5.56 Å². The van der Waals surface area contributed by atoms with Crippen molar-refractivity contribution in [3.63, 3.8) is 0 Å². The molecular weight excluding hydrogens is 247 g/mol. The molecule has 0 aliphatic rings. The molecular formula is C12H12F3NO2. The molecule has 0 unspecified atom stereocenters. The molecule has 0 saturated carbocycles. The Morgan fingerprint density at radius 1 is 1.17 bits per heavy atom. The normalized spacial score (nSPS) is 12.7. The summed E-state index contributed by atoms with van der Waals surface area (Å²) in [5, 5.41) is 8.84. The van der Waals surface area contributed by atoms with E-state index in [4.69, 9.17) is 14.7 Å². The molecule has 1 rings (SSSR count). The van der Waals surface area contributed by atoms with Crippen LogP contribution < -0.4 is 9.47 Å². The first kappa shape index (κ1) is 14.2. The maximum absolute atomic E-state index is 12.3. The number of methoxy groups -OCH3 is 2. The number of nitriles is 1. The molecule has 0 aromatic heterocycles. The van der Waals surface area contributed by atoms with Gasteiger partial charge < -0.3 is 9.47 Å². The van der Waals surface area contributed by atoms with Crippen LogP contribution in [-0.2, 0) is 0 Å². The first-order valence-electron chi connectivity index (χ1n) is 5.09. The molecule has 1 aromatic carbocycles. The minimum absolute atomic E-state index is 0.228. The van der Waals surface area contributed by atoms with Gasteiger partial charge in [0, 0.05) is 6.07 Å². The molecule has 0 spiro atoms. The van der Waals surface area contributed by atoms with Gasteiger partial charge in [0.05, 0.1) is 32.6 Å². The van der Waals surface area contributed by atoms with E-state index >= 15 is 0 Å². The fraction of sp³-hybridized carbons (Fsp3) is 0.417. The Morgan fingerprint density at radius 3 is 2.00 bits per heavy atom. The fourth-order valence-corrected chi connectivity index (χ4v) is 1.50. The van der Waals surface area contributed by atoms with Crippen LogP contribution in [0.15, 0.2) is 18.2 Å². The van der Waals surface area contributed by atoms with Gasteiger partial charge in [0.2, 0.25) is 0 Å². The molecule has 0 amide bonds. The zero-order valence-corrected chi connectivity index (χ0v) is 9.91. The lowest BCUT2D eigenvalue weighted by atomic mass is 9.96. The minimum Gasteiger partial charge on any atom is -0.497 e. The molecule has 3 nitrogen and oxygen atoms in total. The van der Waals surface area contributed by atoms with Crippen molar-refractivity contribution in [3.8, 4) is 17.6 Å². The summed E-state index contributed by atoms with van der Waals surface area (Å²) in [6.07, 6.45) is -5.59. The van der Waals surface area contributed by atoms with Crippen LogP contribution >= 0.6 is 0 Å². The van der Waals surface area contributed by atoms with E-state index in [1.807, 2.05) is 0 Å². The van der Waals surface area contributed by atoms with E-state index in [0.29, 0.717) is 11.5 Å². The second-order valence-electron chi connectivity index (χ2n) is 3.65. The van der Waals surface area contributed by atoms with Gasteiger partial charge in [-0.1, -0.05) is 0 Å². The van der Waals surface area contributed by atoms with Gasteiger partial charge in [-0.15, -0.1) is 0 Å². The van der Waals surface area contributed by atoms with Gasteiger partial charge in [0.25, 0.3) is 0 Å². The maximum atomic E-state index is 12.3. The summed E-state index contributed by atoms with van der Waals surface area (Å²) in [7, 11) is 2.79. The van der Waals surface area contributed by atoms with Gasteiger partial charge in [-0.25, -0.2) is 0 Å². The lowest BCUT2D eigenvalue weighted by molar-refractivity contribution is -0.136. The maximum Gasteiger partial charge on any atom is 0.390 e. The largest absolute Gasteiger partial charge is 0.497 e. The van der Waals surface area contributed by atoms with Crippen LogP contribution in [-0.4, -0.2) is 20.4 Å². The van der Waals surface area contributed by atoms with Crippen LogP contribution in [0.1, 0.15) is 17.9 Å². The Labute approximate surface area is 103 Å². The molecule has 0 radical (unpaired) electrons. The molecule has 0 aliphatic carbocycles. The van der Waals surface area contributed by atoms with Gasteiger partial charge in [-0.05, 0) is 17.7 Å². The number of rotatable bonds is 4. The summed E-state index contributed by atoms with van der Waals surface area (Å²) in [6, 6.07) is 5.99. The van der Waals surface area contributed by atoms with Crippen molar-refractivity contribution in [2.45, 2.75) is 18.5 Å². The van der Waals surface area contributed by atoms with Gasteiger partial charge in [-0.3, -0.25) is 0 Å². The van der Waals surface area contributed by atoms with Crippen molar-refractivity contribution in [2.75, 3.05) is 14.2 Å².